The summed E-state index contributed by atoms with van der Waals surface area (Å²) in [6.45, 7) is 21.5. The van der Waals surface area contributed by atoms with Gasteiger partial charge in [-0.15, -0.1) is 0 Å². The third-order valence-corrected chi connectivity index (χ3v) is 19.7. The van der Waals surface area contributed by atoms with Gasteiger partial charge in [0.05, 0.1) is 22.3 Å². The first-order valence-corrected chi connectivity index (χ1v) is 35.3. The number of aryl methyl sites for hydroxylation is 7. The van der Waals surface area contributed by atoms with Gasteiger partial charge in [0.2, 0.25) is 11.4 Å². The van der Waals surface area contributed by atoms with Crippen molar-refractivity contribution in [2.75, 3.05) is 9.80 Å². The van der Waals surface area contributed by atoms with Crippen LogP contribution >= 0.6 is 0 Å². The van der Waals surface area contributed by atoms with E-state index in [4.69, 9.17) is 9.47 Å². The summed E-state index contributed by atoms with van der Waals surface area (Å²) in [5.74, 6) is -0.583. The molecular weight excluding hydrogens is 1140 g/mol. The molecule has 0 fully saturated rings. The predicted octanol–water partition coefficient (Wildman–Crippen LogP) is 22.4. The molecule has 0 spiro atoms. The summed E-state index contributed by atoms with van der Waals surface area (Å²) in [5, 5.41) is 2.20. The first kappa shape index (κ1) is 65.9. The second-order valence-corrected chi connectivity index (χ2v) is 25.9. The number of rotatable bonds is 28. The van der Waals surface area contributed by atoms with Crippen LogP contribution in [0, 0.1) is 20.8 Å². The molecule has 2 atom stereocenters. The van der Waals surface area contributed by atoms with Crippen LogP contribution in [-0.2, 0) is 59.7 Å². The van der Waals surface area contributed by atoms with Gasteiger partial charge in [0.1, 0.15) is 0 Å². The second-order valence-electron chi connectivity index (χ2n) is 25.9. The summed E-state index contributed by atoms with van der Waals surface area (Å²) in [7, 11) is 0. The molecule has 0 radical (unpaired) electrons. The van der Waals surface area contributed by atoms with Gasteiger partial charge in [-0.05, 0) is 174 Å². The molecule has 8 nitrogen and oxygen atoms in total. The Hall–Kier alpha value is -8.62. The van der Waals surface area contributed by atoms with E-state index < -0.39 is 11.4 Å². The monoisotopic (exact) mass is 1240 g/mol. The molecule has 482 valence electrons. The largest absolute Gasteiger partial charge is 0.426 e. The second kappa shape index (κ2) is 30.0. The van der Waals surface area contributed by atoms with Crippen LogP contribution in [0.2, 0.25) is 0 Å². The first-order valence-electron chi connectivity index (χ1n) is 35.3. The Morgan fingerprint density at radius 2 is 0.753 bits per heavy atom. The predicted molar refractivity (Wildman–Crippen MR) is 387 cm³/mol. The molecule has 4 heterocycles. The number of esters is 2. The molecule has 0 amide bonds. The number of carbonyl (C=O) groups is 2. The fraction of sp³-hybridized carbons (Fsp3) is 0.365. The third kappa shape index (κ3) is 13.1. The Labute approximate surface area is 554 Å². The normalized spacial score (nSPS) is 15.7. The van der Waals surface area contributed by atoms with Crippen LogP contribution in [0.4, 0.5) is 22.7 Å². The van der Waals surface area contributed by atoms with E-state index in [1.807, 2.05) is 54.6 Å². The Bertz CT molecular complexity index is 4140. The summed E-state index contributed by atoms with van der Waals surface area (Å²) in [6.07, 6.45) is 22.0. The lowest BCUT2D eigenvalue weighted by Gasteiger charge is -2.43. The summed E-state index contributed by atoms with van der Waals surface area (Å²) in [6, 6.07) is 66.0. The van der Waals surface area contributed by atoms with Crippen LogP contribution in [0.3, 0.4) is 0 Å². The summed E-state index contributed by atoms with van der Waals surface area (Å²) in [4.78, 5) is 32.6. The smallest absolute Gasteiger partial charge is 0.341 e. The average molecular weight is 1240 g/mol. The van der Waals surface area contributed by atoms with E-state index in [9.17, 15) is 9.59 Å². The standard InChI is InChI=1S/C53H70N2O2.C32H28N2O2/c1-7-12-14-16-18-20-22-28-43-34-41(9-3)36-45(38-43)55(46-37-42(10-4)35-44(39-46)29-23-21-19-17-15-13-8-2)53(49-32-26-24-30-47(49)52(56)57-53)51-40(6)54(11-5)50-33-27-25-31-48(50)51;1-4-33-23(3)30(27-18-9-11-20-29(27)33)32(28-19-10-8-17-26(28)31(35)36-32)34(24-14-6-5-7-15-24)25-16-12-13-22(2)21-25/h24-27,30-39H,7-23,28-29H2,1-6H3;5-21H,4H2,1-3H3. The fourth-order valence-electron chi connectivity index (χ4n) is 15.2. The molecule has 8 heteroatoms. The topological polar surface area (TPSA) is 68.9 Å². The SMILES string of the molecule is CCCCCCCCCc1cc(CC)cc(N(c2cc(CC)cc(CCCCCCCCC)c2)C2(c3c(C)n(CC)c4ccccc34)OC(=O)c3ccccc32)c1.CCn1c(C)c(C2(N(c3ccccc3)c3cccc(C)c3)OC(=O)c3ccccc32)c2ccccc21. The number of para-hydroxylation sites is 3. The Morgan fingerprint density at radius 1 is 0.366 bits per heavy atom. The van der Waals surface area contributed by atoms with Gasteiger partial charge in [0, 0.05) is 80.2 Å². The Balaban J connectivity index is 0.000000210. The number of carbonyl (C=O) groups excluding carboxylic acids is 2. The van der Waals surface area contributed by atoms with Gasteiger partial charge in [-0.1, -0.05) is 220 Å². The maximum absolute atomic E-state index is 14.4. The molecule has 12 rings (SSSR count). The van der Waals surface area contributed by atoms with Crippen molar-refractivity contribution < 1.29 is 19.1 Å². The highest BCUT2D eigenvalue weighted by atomic mass is 16.6. The molecule has 93 heavy (non-hydrogen) atoms. The van der Waals surface area contributed by atoms with Gasteiger partial charge >= 0.3 is 11.9 Å². The van der Waals surface area contributed by atoms with Crippen LogP contribution in [0.25, 0.3) is 21.8 Å². The molecule has 0 saturated heterocycles. The zero-order valence-electron chi connectivity index (χ0n) is 57.0. The molecule has 2 unspecified atom stereocenters. The van der Waals surface area contributed by atoms with Crippen molar-refractivity contribution in [1.29, 1.82) is 0 Å². The number of nitrogens with zero attached hydrogens (tertiary/aromatic N) is 4. The van der Waals surface area contributed by atoms with Crippen molar-refractivity contribution in [1.82, 2.24) is 9.13 Å². The van der Waals surface area contributed by atoms with Gasteiger partial charge < -0.3 is 18.6 Å². The highest BCUT2D eigenvalue weighted by Crippen LogP contribution is 2.56. The quantitative estimate of drug-likeness (QED) is 0.0360. The van der Waals surface area contributed by atoms with Gasteiger partial charge in [-0.25, -0.2) is 9.59 Å². The number of cyclic esters (lactones) is 2. The first-order chi connectivity index (χ1) is 45.4. The van der Waals surface area contributed by atoms with Crippen LogP contribution in [0.5, 0.6) is 0 Å². The number of fused-ring (bicyclic) bond motifs is 4. The lowest BCUT2D eigenvalue weighted by molar-refractivity contribution is 0.0127. The highest BCUT2D eigenvalue weighted by molar-refractivity contribution is 6.01. The van der Waals surface area contributed by atoms with Crippen LogP contribution in [-0.4, -0.2) is 21.1 Å². The Kier molecular flexibility index (Phi) is 21.2. The molecule has 2 aliphatic heterocycles. The molecule has 0 saturated carbocycles. The minimum absolute atomic E-state index is 0.270. The van der Waals surface area contributed by atoms with Crippen LogP contribution < -0.4 is 9.80 Å². The van der Waals surface area contributed by atoms with Gasteiger partial charge in [-0.2, -0.15) is 0 Å². The number of anilines is 4. The third-order valence-electron chi connectivity index (χ3n) is 19.7. The molecule has 10 aromatic rings. The van der Waals surface area contributed by atoms with E-state index in [-0.39, 0.29) is 11.9 Å². The van der Waals surface area contributed by atoms with Crippen molar-refractivity contribution in [2.24, 2.45) is 0 Å². The zero-order valence-corrected chi connectivity index (χ0v) is 57.0. The average Bonchev–Trinajstić information content (AvgIpc) is 1.57. The summed E-state index contributed by atoms with van der Waals surface area (Å²) >= 11 is 0. The number of benzene rings is 8. The van der Waals surface area contributed by atoms with Crippen molar-refractivity contribution in [3.8, 4) is 0 Å². The van der Waals surface area contributed by atoms with E-state index in [0.717, 1.165) is 123 Å². The highest BCUT2D eigenvalue weighted by Gasteiger charge is 2.56. The number of hydrogen-bond acceptors (Lipinski definition) is 6. The molecule has 8 aromatic carbocycles. The summed E-state index contributed by atoms with van der Waals surface area (Å²) in [5.41, 5.74) is 17.6. The van der Waals surface area contributed by atoms with E-state index in [2.05, 4.69) is 215 Å². The molecule has 0 aliphatic carbocycles. The van der Waals surface area contributed by atoms with E-state index in [0.29, 0.717) is 11.1 Å². The lowest BCUT2D eigenvalue weighted by Crippen LogP contribution is -2.45. The van der Waals surface area contributed by atoms with Crippen molar-refractivity contribution >= 4 is 56.5 Å². The van der Waals surface area contributed by atoms with Gasteiger partial charge in [-0.3, -0.25) is 9.80 Å². The summed E-state index contributed by atoms with van der Waals surface area (Å²) < 4.78 is 18.4. The molecular formula is C85H98N4O4. The number of ether oxygens (including phenoxy) is 2. The maximum atomic E-state index is 14.4. The van der Waals surface area contributed by atoms with Crippen molar-refractivity contribution in [2.45, 2.75) is 202 Å². The molecule has 2 aliphatic rings. The minimum Gasteiger partial charge on any atom is -0.426 e. The Morgan fingerprint density at radius 3 is 1.19 bits per heavy atom. The van der Waals surface area contributed by atoms with Crippen LogP contribution in [0.15, 0.2) is 188 Å². The van der Waals surface area contributed by atoms with E-state index in [1.165, 1.54) is 112 Å². The fourth-order valence-corrected chi connectivity index (χ4v) is 15.2. The van der Waals surface area contributed by atoms with E-state index in [1.54, 1.807) is 0 Å². The minimum atomic E-state index is -1.23. The molecule has 0 N–H and O–H groups in total. The zero-order chi connectivity index (χ0) is 65.1. The van der Waals surface area contributed by atoms with Gasteiger partial charge in [0.25, 0.3) is 0 Å². The number of aromatic nitrogens is 2. The molecule has 2 aromatic heterocycles. The van der Waals surface area contributed by atoms with Crippen molar-refractivity contribution in [3.63, 3.8) is 0 Å². The molecule has 0 bridgehead atoms. The lowest BCUT2D eigenvalue weighted by atomic mass is 9.87. The number of hydrogen-bond donors (Lipinski definition) is 0. The van der Waals surface area contributed by atoms with Crippen molar-refractivity contribution in [3.05, 3.63) is 261 Å². The van der Waals surface area contributed by atoms with Gasteiger partial charge in [0.15, 0.2) is 0 Å². The maximum Gasteiger partial charge on any atom is 0.341 e. The van der Waals surface area contributed by atoms with Crippen LogP contribution in [0.1, 0.15) is 214 Å². The van der Waals surface area contributed by atoms with E-state index >= 15 is 0 Å². The number of unbranched alkanes of at least 4 members (excludes halogenated alkanes) is 12.